The quantitative estimate of drug-likeness (QED) is 0.430. The van der Waals surface area contributed by atoms with Crippen LogP contribution in [-0.4, -0.2) is 52.9 Å². The van der Waals surface area contributed by atoms with Crippen molar-refractivity contribution >= 4 is 11.8 Å². The highest BCUT2D eigenvalue weighted by molar-refractivity contribution is 5.79. The van der Waals surface area contributed by atoms with E-state index in [0.717, 1.165) is 18.7 Å². The molecule has 122 valence electrons. The van der Waals surface area contributed by atoms with Gasteiger partial charge in [0.25, 0.3) is 0 Å². The van der Waals surface area contributed by atoms with Crippen LogP contribution in [0.25, 0.3) is 0 Å². The van der Waals surface area contributed by atoms with Crippen molar-refractivity contribution in [2.75, 3.05) is 26.4 Å². The number of aliphatic hydroxyl groups is 1. The van der Waals surface area contributed by atoms with E-state index in [0.29, 0.717) is 13.1 Å². The van der Waals surface area contributed by atoms with Crippen molar-refractivity contribution in [3.63, 3.8) is 0 Å². The zero-order valence-electron chi connectivity index (χ0n) is 13.4. The summed E-state index contributed by atoms with van der Waals surface area (Å²) in [5.41, 5.74) is 0. The molecule has 0 bridgehead atoms. The smallest absolute Gasteiger partial charge is 0.359 e. The normalized spacial score (nSPS) is 21.5. The van der Waals surface area contributed by atoms with Gasteiger partial charge in [0.2, 0.25) is 5.84 Å². The average molecular weight is 299 g/mol. The highest BCUT2D eigenvalue weighted by atomic mass is 16.4. The molecule has 0 spiro atoms. The third-order valence-electron chi connectivity index (χ3n) is 4.33. The fourth-order valence-corrected chi connectivity index (χ4v) is 3.01. The molecule has 0 fully saturated rings. The molecule has 1 atom stereocenters. The number of carboxylic acids is 1. The van der Waals surface area contributed by atoms with Gasteiger partial charge in [-0.2, -0.15) is 0 Å². The first-order valence-corrected chi connectivity index (χ1v) is 8.37. The number of unbranched alkanes of at least 4 members (excludes halogenated alkanes) is 7. The maximum absolute atomic E-state index is 11.0. The lowest BCUT2D eigenvalue weighted by molar-refractivity contribution is -0.849. The summed E-state index contributed by atoms with van der Waals surface area (Å²) in [6, 6.07) is 0. The summed E-state index contributed by atoms with van der Waals surface area (Å²) in [6.07, 6.45) is 10.9. The van der Waals surface area contributed by atoms with Gasteiger partial charge in [0.05, 0.1) is 6.54 Å². The summed E-state index contributed by atoms with van der Waals surface area (Å²) in [5.74, 6) is 0.0143. The molecule has 21 heavy (non-hydrogen) atoms. The molecule has 1 aliphatic rings. The Balaban J connectivity index is 2.22. The number of aliphatic carboxylic acids is 1. The molecule has 1 unspecified atom stereocenters. The Kier molecular flexibility index (Phi) is 8.54. The van der Waals surface area contributed by atoms with E-state index < -0.39 is 5.97 Å². The largest absolute Gasteiger partial charge is 0.477 e. The number of nitrogens with zero attached hydrogens (tertiary/aromatic N) is 2. The zero-order valence-corrected chi connectivity index (χ0v) is 13.4. The van der Waals surface area contributed by atoms with Crippen LogP contribution in [0.3, 0.4) is 0 Å². The Bertz CT molecular complexity index is 344. The molecule has 1 heterocycles. The summed E-state index contributed by atoms with van der Waals surface area (Å²) >= 11 is 0. The van der Waals surface area contributed by atoms with Gasteiger partial charge in [-0.15, -0.1) is 0 Å². The molecule has 0 aromatic rings. The van der Waals surface area contributed by atoms with E-state index >= 15 is 0 Å². The Hall–Kier alpha value is -0.940. The van der Waals surface area contributed by atoms with E-state index in [1.165, 1.54) is 44.9 Å². The van der Waals surface area contributed by atoms with Crippen LogP contribution in [0.2, 0.25) is 0 Å². The lowest BCUT2D eigenvalue weighted by Crippen LogP contribution is -2.54. The summed E-state index contributed by atoms with van der Waals surface area (Å²) in [5, 5.41) is 18.6. The standard InChI is InChI=1S/C16H30N2O3/c1-2-3-4-5-6-7-8-9-10-15-17-11-12-18(15,14-19)13-16(20)21/h19H,2-14H2,1H3/p+1. The number of carbonyl (C=O) groups is 1. The summed E-state index contributed by atoms with van der Waals surface area (Å²) in [7, 11) is 0. The first-order chi connectivity index (χ1) is 10.1. The van der Waals surface area contributed by atoms with Crippen LogP contribution in [0.4, 0.5) is 0 Å². The van der Waals surface area contributed by atoms with Crippen molar-refractivity contribution in [2.45, 2.75) is 64.7 Å². The van der Waals surface area contributed by atoms with E-state index in [9.17, 15) is 9.90 Å². The molecule has 0 aromatic carbocycles. The van der Waals surface area contributed by atoms with Gasteiger partial charge in [-0.1, -0.05) is 51.9 Å². The van der Waals surface area contributed by atoms with Crippen molar-refractivity contribution < 1.29 is 19.5 Å². The van der Waals surface area contributed by atoms with E-state index in [-0.39, 0.29) is 17.8 Å². The van der Waals surface area contributed by atoms with E-state index in [1.54, 1.807) is 0 Å². The summed E-state index contributed by atoms with van der Waals surface area (Å²) < 4.78 is 0.145. The topological polar surface area (TPSA) is 69.9 Å². The molecule has 5 nitrogen and oxygen atoms in total. The number of aliphatic imine (C=N–C) groups is 1. The average Bonchev–Trinajstić information content (AvgIpc) is 2.84. The number of hydrogen-bond donors (Lipinski definition) is 2. The van der Waals surface area contributed by atoms with Crippen LogP contribution in [0.5, 0.6) is 0 Å². The number of quaternary nitrogens is 1. The molecular weight excluding hydrogens is 268 g/mol. The van der Waals surface area contributed by atoms with Crippen molar-refractivity contribution in [1.29, 1.82) is 0 Å². The third-order valence-corrected chi connectivity index (χ3v) is 4.33. The molecule has 5 heteroatoms. The van der Waals surface area contributed by atoms with Gasteiger partial charge in [-0.05, 0) is 6.42 Å². The van der Waals surface area contributed by atoms with Gasteiger partial charge in [-0.25, -0.2) is 14.3 Å². The maximum atomic E-state index is 11.0. The summed E-state index contributed by atoms with van der Waals surface area (Å²) in [4.78, 5) is 15.4. The second-order valence-electron chi connectivity index (χ2n) is 6.08. The van der Waals surface area contributed by atoms with Gasteiger partial charge in [0, 0.05) is 6.42 Å². The summed E-state index contributed by atoms with van der Waals surface area (Å²) in [6.45, 7) is 3.29. The fourth-order valence-electron chi connectivity index (χ4n) is 3.01. The SMILES string of the molecule is CCCCCCCCCCC1=NCC[N+]1(CO)CC(=O)O. The Morgan fingerprint density at radius 2 is 1.76 bits per heavy atom. The Morgan fingerprint density at radius 1 is 1.14 bits per heavy atom. The predicted octanol–water partition coefficient (Wildman–Crippen LogP) is 2.78. The monoisotopic (exact) mass is 299 g/mol. The van der Waals surface area contributed by atoms with Gasteiger partial charge in [0.1, 0.15) is 6.54 Å². The molecule has 2 N–H and O–H groups in total. The van der Waals surface area contributed by atoms with Crippen LogP contribution < -0.4 is 0 Å². The minimum absolute atomic E-state index is 0.0493. The minimum Gasteiger partial charge on any atom is -0.477 e. The van der Waals surface area contributed by atoms with E-state index in [2.05, 4.69) is 11.9 Å². The number of carboxylic acid groups (broad SMARTS) is 1. The third kappa shape index (κ3) is 6.14. The van der Waals surface area contributed by atoms with Crippen LogP contribution in [0, 0.1) is 0 Å². The van der Waals surface area contributed by atoms with Gasteiger partial charge in [-0.3, -0.25) is 0 Å². The van der Waals surface area contributed by atoms with Crippen molar-refractivity contribution in [3.8, 4) is 0 Å². The predicted molar refractivity (Wildman–Crippen MR) is 84.2 cm³/mol. The van der Waals surface area contributed by atoms with Crippen molar-refractivity contribution in [1.82, 2.24) is 0 Å². The van der Waals surface area contributed by atoms with Gasteiger partial charge < -0.3 is 10.2 Å². The molecule has 0 amide bonds. The molecule has 0 saturated carbocycles. The van der Waals surface area contributed by atoms with Gasteiger partial charge >= 0.3 is 5.97 Å². The molecule has 1 aliphatic heterocycles. The Morgan fingerprint density at radius 3 is 2.33 bits per heavy atom. The molecule has 0 saturated heterocycles. The maximum Gasteiger partial charge on any atom is 0.359 e. The van der Waals surface area contributed by atoms with Gasteiger partial charge in [0.15, 0.2) is 13.3 Å². The van der Waals surface area contributed by atoms with E-state index in [1.807, 2.05) is 0 Å². The number of amidine groups is 1. The van der Waals surface area contributed by atoms with Crippen LogP contribution in [0.1, 0.15) is 64.7 Å². The number of hydrogen-bond acceptors (Lipinski definition) is 3. The van der Waals surface area contributed by atoms with Crippen molar-refractivity contribution in [3.05, 3.63) is 0 Å². The number of aliphatic hydroxyl groups excluding tert-OH is 1. The lowest BCUT2D eigenvalue weighted by atomic mass is 10.1. The second kappa shape index (κ2) is 9.90. The number of rotatable bonds is 12. The molecule has 1 rings (SSSR count). The highest BCUT2D eigenvalue weighted by Crippen LogP contribution is 2.19. The fraction of sp³-hybridized carbons (Fsp3) is 0.875. The highest BCUT2D eigenvalue weighted by Gasteiger charge is 2.39. The molecule has 0 aliphatic carbocycles. The minimum atomic E-state index is -0.866. The van der Waals surface area contributed by atoms with Crippen LogP contribution in [-0.2, 0) is 4.79 Å². The Labute approximate surface area is 128 Å². The first-order valence-electron chi connectivity index (χ1n) is 8.37. The van der Waals surface area contributed by atoms with E-state index in [4.69, 9.17) is 5.11 Å². The molecule has 0 radical (unpaired) electrons. The van der Waals surface area contributed by atoms with Crippen molar-refractivity contribution in [2.24, 2.45) is 4.99 Å². The molecular formula is C16H31N2O3+. The first kappa shape index (κ1) is 18.1. The van der Waals surface area contributed by atoms with Crippen LogP contribution >= 0.6 is 0 Å². The lowest BCUT2D eigenvalue weighted by Gasteiger charge is -2.30. The zero-order chi connectivity index (χ0) is 15.6. The second-order valence-corrected chi connectivity index (χ2v) is 6.08. The van der Waals surface area contributed by atoms with Crippen LogP contribution in [0.15, 0.2) is 4.99 Å². The molecule has 0 aromatic heterocycles.